The second-order valence-corrected chi connectivity index (χ2v) is 5.36. The molecule has 2 amide bonds. The summed E-state index contributed by atoms with van der Waals surface area (Å²) in [6, 6.07) is 14.6. The maximum absolute atomic E-state index is 12.1. The number of rotatable bonds is 5. The number of aromatic nitrogens is 4. The van der Waals surface area contributed by atoms with Crippen LogP contribution < -0.4 is 15.4 Å². The molecule has 0 aliphatic carbocycles. The zero-order valence-corrected chi connectivity index (χ0v) is 13.9. The SMILES string of the molecule is COc1ccc(CNC(=O)Nc2cccc(-c3nnnn3C)c2)cc1. The predicted octanol–water partition coefficient (Wildman–Crippen LogP) is 2.21. The Bertz CT molecular complexity index is 860. The number of hydrogen-bond acceptors (Lipinski definition) is 5. The minimum absolute atomic E-state index is 0.288. The van der Waals surface area contributed by atoms with E-state index >= 15 is 0 Å². The van der Waals surface area contributed by atoms with E-state index in [2.05, 4.69) is 26.2 Å². The van der Waals surface area contributed by atoms with Gasteiger partial charge in [-0.2, -0.15) is 0 Å². The average Bonchev–Trinajstić information content (AvgIpc) is 3.06. The van der Waals surface area contributed by atoms with Crippen molar-refractivity contribution >= 4 is 11.7 Å². The lowest BCUT2D eigenvalue weighted by Crippen LogP contribution is -2.28. The molecule has 0 aliphatic heterocycles. The Morgan fingerprint density at radius 2 is 2.00 bits per heavy atom. The Morgan fingerprint density at radius 3 is 2.68 bits per heavy atom. The van der Waals surface area contributed by atoms with E-state index in [1.165, 1.54) is 0 Å². The Morgan fingerprint density at radius 1 is 1.20 bits per heavy atom. The molecule has 0 spiro atoms. The lowest BCUT2D eigenvalue weighted by Gasteiger charge is -2.09. The molecule has 1 aromatic heterocycles. The van der Waals surface area contributed by atoms with Crippen molar-refractivity contribution in [3.8, 4) is 17.1 Å². The van der Waals surface area contributed by atoms with E-state index < -0.39 is 0 Å². The number of nitrogens with zero attached hydrogens (tertiary/aromatic N) is 4. The van der Waals surface area contributed by atoms with Crippen molar-refractivity contribution in [2.24, 2.45) is 7.05 Å². The first-order valence-electron chi connectivity index (χ1n) is 7.66. The standard InChI is InChI=1S/C17H18N6O2/c1-23-16(20-21-22-23)13-4-3-5-14(10-13)19-17(24)18-11-12-6-8-15(25-2)9-7-12/h3-10H,11H2,1-2H3,(H2,18,19,24). The van der Waals surface area contributed by atoms with Gasteiger partial charge in [0.2, 0.25) is 0 Å². The number of amides is 2. The summed E-state index contributed by atoms with van der Waals surface area (Å²) in [4.78, 5) is 12.1. The minimum Gasteiger partial charge on any atom is -0.497 e. The number of urea groups is 1. The van der Waals surface area contributed by atoms with E-state index in [-0.39, 0.29) is 6.03 Å². The molecule has 0 saturated carbocycles. The molecule has 1 heterocycles. The van der Waals surface area contributed by atoms with Crippen LogP contribution in [0.5, 0.6) is 5.75 Å². The fourth-order valence-corrected chi connectivity index (χ4v) is 2.31. The predicted molar refractivity (Wildman–Crippen MR) is 93.1 cm³/mol. The number of carbonyl (C=O) groups excluding carboxylic acids is 1. The summed E-state index contributed by atoms with van der Waals surface area (Å²) in [6.07, 6.45) is 0. The highest BCUT2D eigenvalue weighted by atomic mass is 16.5. The van der Waals surface area contributed by atoms with Gasteiger partial charge in [-0.25, -0.2) is 9.48 Å². The molecular weight excluding hydrogens is 320 g/mol. The normalized spacial score (nSPS) is 10.3. The fraction of sp³-hybridized carbons (Fsp3) is 0.176. The van der Waals surface area contributed by atoms with Crippen molar-refractivity contribution in [2.75, 3.05) is 12.4 Å². The number of ether oxygens (including phenoxy) is 1. The molecule has 128 valence electrons. The smallest absolute Gasteiger partial charge is 0.319 e. The summed E-state index contributed by atoms with van der Waals surface area (Å²) < 4.78 is 6.68. The Labute approximate surface area is 144 Å². The molecule has 8 heteroatoms. The molecule has 0 aliphatic rings. The fourth-order valence-electron chi connectivity index (χ4n) is 2.31. The van der Waals surface area contributed by atoms with Gasteiger partial charge in [-0.15, -0.1) is 5.10 Å². The molecule has 3 rings (SSSR count). The molecule has 0 unspecified atom stereocenters. The lowest BCUT2D eigenvalue weighted by molar-refractivity contribution is 0.251. The van der Waals surface area contributed by atoms with E-state index in [9.17, 15) is 4.79 Å². The summed E-state index contributed by atoms with van der Waals surface area (Å²) in [6.45, 7) is 0.419. The van der Waals surface area contributed by atoms with Crippen LogP contribution in [0, 0.1) is 0 Å². The highest BCUT2D eigenvalue weighted by molar-refractivity contribution is 5.89. The molecule has 2 aromatic carbocycles. The molecule has 0 fully saturated rings. The van der Waals surface area contributed by atoms with Crippen molar-refractivity contribution in [3.05, 3.63) is 54.1 Å². The minimum atomic E-state index is -0.288. The summed E-state index contributed by atoms with van der Waals surface area (Å²) in [5.74, 6) is 1.41. The molecule has 0 bridgehead atoms. The van der Waals surface area contributed by atoms with E-state index in [1.807, 2.05) is 42.5 Å². The Kier molecular flexibility index (Phi) is 4.89. The average molecular weight is 338 g/mol. The molecule has 8 nitrogen and oxygen atoms in total. The molecule has 25 heavy (non-hydrogen) atoms. The Hall–Kier alpha value is -3.42. The first-order valence-corrected chi connectivity index (χ1v) is 7.66. The van der Waals surface area contributed by atoms with Gasteiger partial charge in [0, 0.05) is 24.8 Å². The second-order valence-electron chi connectivity index (χ2n) is 5.36. The number of tetrazole rings is 1. The van der Waals surface area contributed by atoms with Crippen molar-refractivity contribution < 1.29 is 9.53 Å². The van der Waals surface area contributed by atoms with Gasteiger partial charge in [0.15, 0.2) is 5.82 Å². The van der Waals surface area contributed by atoms with Crippen LogP contribution in [-0.4, -0.2) is 33.3 Å². The molecule has 0 atom stereocenters. The molecule has 2 N–H and O–H groups in total. The molecule has 3 aromatic rings. The molecule has 0 radical (unpaired) electrons. The quantitative estimate of drug-likeness (QED) is 0.744. The largest absolute Gasteiger partial charge is 0.497 e. The maximum atomic E-state index is 12.1. The van der Waals surface area contributed by atoms with Gasteiger partial charge in [0.25, 0.3) is 0 Å². The van der Waals surface area contributed by atoms with E-state index in [4.69, 9.17) is 4.74 Å². The summed E-state index contributed by atoms with van der Waals surface area (Å²) in [5, 5.41) is 17.0. The highest BCUT2D eigenvalue weighted by Crippen LogP contribution is 2.19. The van der Waals surface area contributed by atoms with Crippen LogP contribution in [0.15, 0.2) is 48.5 Å². The number of nitrogens with one attached hydrogen (secondary N) is 2. The summed E-state index contributed by atoms with van der Waals surface area (Å²) in [7, 11) is 3.38. The highest BCUT2D eigenvalue weighted by Gasteiger charge is 2.08. The lowest BCUT2D eigenvalue weighted by atomic mass is 10.2. The van der Waals surface area contributed by atoms with Crippen molar-refractivity contribution in [1.82, 2.24) is 25.5 Å². The number of aryl methyl sites for hydroxylation is 1. The van der Waals surface area contributed by atoms with Crippen LogP contribution in [0.1, 0.15) is 5.56 Å². The maximum Gasteiger partial charge on any atom is 0.319 e. The number of carbonyl (C=O) groups is 1. The van der Waals surface area contributed by atoms with Gasteiger partial charge in [0.05, 0.1) is 7.11 Å². The van der Waals surface area contributed by atoms with Gasteiger partial charge in [-0.3, -0.25) is 0 Å². The number of methoxy groups -OCH3 is 1. The van der Waals surface area contributed by atoms with Crippen molar-refractivity contribution in [1.29, 1.82) is 0 Å². The van der Waals surface area contributed by atoms with Gasteiger partial charge < -0.3 is 15.4 Å². The van der Waals surface area contributed by atoms with Crippen LogP contribution in [0.2, 0.25) is 0 Å². The zero-order chi connectivity index (χ0) is 17.6. The van der Waals surface area contributed by atoms with E-state index in [0.717, 1.165) is 16.9 Å². The van der Waals surface area contributed by atoms with Crippen molar-refractivity contribution in [2.45, 2.75) is 6.54 Å². The second kappa shape index (κ2) is 7.43. The number of hydrogen-bond donors (Lipinski definition) is 2. The van der Waals surface area contributed by atoms with Crippen molar-refractivity contribution in [3.63, 3.8) is 0 Å². The molecular formula is C17H18N6O2. The first-order chi connectivity index (χ1) is 12.2. The van der Waals surface area contributed by atoms with E-state index in [0.29, 0.717) is 18.1 Å². The zero-order valence-electron chi connectivity index (χ0n) is 13.9. The third-order valence-electron chi connectivity index (χ3n) is 3.61. The monoisotopic (exact) mass is 338 g/mol. The van der Waals surface area contributed by atoms with Gasteiger partial charge in [-0.1, -0.05) is 24.3 Å². The van der Waals surface area contributed by atoms with E-state index in [1.54, 1.807) is 24.9 Å². The third kappa shape index (κ3) is 4.11. The van der Waals surface area contributed by atoms with Gasteiger partial charge in [-0.05, 0) is 40.3 Å². The number of anilines is 1. The summed E-state index contributed by atoms with van der Waals surface area (Å²) >= 11 is 0. The number of benzene rings is 2. The molecule has 0 saturated heterocycles. The third-order valence-corrected chi connectivity index (χ3v) is 3.61. The topological polar surface area (TPSA) is 94.0 Å². The van der Waals surface area contributed by atoms with Crippen LogP contribution in [0.4, 0.5) is 10.5 Å². The van der Waals surface area contributed by atoms with Gasteiger partial charge in [0.1, 0.15) is 5.75 Å². The Balaban J connectivity index is 1.60. The van der Waals surface area contributed by atoms with Crippen LogP contribution in [0.25, 0.3) is 11.4 Å². The van der Waals surface area contributed by atoms with Gasteiger partial charge >= 0.3 is 6.03 Å². The van der Waals surface area contributed by atoms with Crippen LogP contribution in [-0.2, 0) is 13.6 Å². The first kappa shape index (κ1) is 16.4. The van der Waals surface area contributed by atoms with Crippen LogP contribution >= 0.6 is 0 Å². The summed E-state index contributed by atoms with van der Waals surface area (Å²) in [5.41, 5.74) is 2.46. The van der Waals surface area contributed by atoms with Crippen LogP contribution in [0.3, 0.4) is 0 Å².